The van der Waals surface area contributed by atoms with Crippen molar-refractivity contribution in [3.8, 4) is 10.6 Å². The molecule has 1 aliphatic heterocycles. The van der Waals surface area contributed by atoms with Gasteiger partial charge in [0.15, 0.2) is 9.84 Å². The summed E-state index contributed by atoms with van der Waals surface area (Å²) in [5.41, 5.74) is 2.24. The third-order valence-electron chi connectivity index (χ3n) is 5.57. The molecule has 32 heavy (non-hydrogen) atoms. The molecule has 0 aliphatic carbocycles. The van der Waals surface area contributed by atoms with Gasteiger partial charge in [-0.3, -0.25) is 0 Å². The molecular weight excluding hydrogens is 451 g/mol. The number of piperidine rings is 1. The maximum Gasteiger partial charge on any atom is 0.410 e. The van der Waals surface area contributed by atoms with Crippen LogP contribution in [-0.4, -0.2) is 49.8 Å². The molecule has 0 spiro atoms. The van der Waals surface area contributed by atoms with Crippen LogP contribution in [0.2, 0.25) is 0 Å². The van der Waals surface area contributed by atoms with Crippen LogP contribution in [0.15, 0.2) is 41.3 Å². The number of fused-ring (bicyclic) bond motifs is 1. The van der Waals surface area contributed by atoms with Crippen LogP contribution in [0.3, 0.4) is 0 Å². The van der Waals surface area contributed by atoms with Crippen LogP contribution < -0.4 is 0 Å². The van der Waals surface area contributed by atoms with Gasteiger partial charge in [0.25, 0.3) is 0 Å². The molecule has 0 atom stereocenters. The number of halogens is 1. The summed E-state index contributed by atoms with van der Waals surface area (Å²) < 4.78 is 44.2. The molecular formula is C23H25FN2O4S2. The lowest BCUT2D eigenvalue weighted by molar-refractivity contribution is 0.0692. The lowest BCUT2D eigenvalue weighted by atomic mass is 9.89. The van der Waals surface area contributed by atoms with Crippen LogP contribution in [0, 0.1) is 5.82 Å². The number of amides is 1. The number of rotatable bonds is 4. The van der Waals surface area contributed by atoms with Crippen LogP contribution in [-0.2, 0) is 14.6 Å². The average molecular weight is 477 g/mol. The predicted octanol–water partition coefficient (Wildman–Crippen LogP) is 5.23. The maximum atomic E-state index is 14.6. The number of ether oxygens (including phenoxy) is 1. The Morgan fingerprint density at radius 1 is 1.19 bits per heavy atom. The lowest BCUT2D eigenvalue weighted by Gasteiger charge is -2.32. The number of benzene rings is 2. The Morgan fingerprint density at radius 3 is 2.53 bits per heavy atom. The number of carbonyl (C=O) groups is 1. The molecule has 0 bridgehead atoms. The second kappa shape index (κ2) is 8.78. The van der Waals surface area contributed by atoms with Crippen LogP contribution >= 0.6 is 11.3 Å². The highest BCUT2D eigenvalue weighted by atomic mass is 32.2. The summed E-state index contributed by atoms with van der Waals surface area (Å²) in [7, 11) is -3.47. The van der Waals surface area contributed by atoms with Crippen molar-refractivity contribution in [1.82, 2.24) is 9.88 Å². The van der Waals surface area contributed by atoms with E-state index in [1.54, 1.807) is 4.90 Å². The normalized spacial score (nSPS) is 15.5. The van der Waals surface area contributed by atoms with E-state index in [1.807, 2.05) is 26.0 Å². The first-order valence-corrected chi connectivity index (χ1v) is 13.2. The predicted molar refractivity (Wildman–Crippen MR) is 123 cm³/mol. The van der Waals surface area contributed by atoms with Gasteiger partial charge in [-0.1, -0.05) is 6.07 Å². The van der Waals surface area contributed by atoms with Crippen molar-refractivity contribution in [1.29, 1.82) is 0 Å². The molecule has 0 radical (unpaired) electrons. The van der Waals surface area contributed by atoms with Gasteiger partial charge in [0.1, 0.15) is 10.8 Å². The van der Waals surface area contributed by atoms with E-state index in [9.17, 15) is 17.6 Å². The van der Waals surface area contributed by atoms with Gasteiger partial charge in [0, 0.05) is 24.9 Å². The molecule has 1 fully saturated rings. The van der Waals surface area contributed by atoms with E-state index in [2.05, 4.69) is 11.1 Å². The molecule has 9 heteroatoms. The number of hydrogen-bond donors (Lipinski definition) is 0. The highest BCUT2D eigenvalue weighted by molar-refractivity contribution is 7.90. The SMILES string of the molecule is CC(C)OC(=O)N1CCC(c2ccc3nc(-c4ccc(S(C)(=O)=O)cc4F)sc3c2)CC1. The fourth-order valence-electron chi connectivity index (χ4n) is 3.88. The first-order valence-electron chi connectivity index (χ1n) is 10.5. The van der Waals surface area contributed by atoms with Gasteiger partial charge in [-0.2, -0.15) is 0 Å². The van der Waals surface area contributed by atoms with Crippen LogP contribution in [0.4, 0.5) is 9.18 Å². The molecule has 1 amide bonds. The summed E-state index contributed by atoms with van der Waals surface area (Å²) in [5.74, 6) is -0.272. The summed E-state index contributed by atoms with van der Waals surface area (Å²) in [5, 5.41) is 0.515. The largest absolute Gasteiger partial charge is 0.447 e. The van der Waals surface area contributed by atoms with Gasteiger partial charge in [0.2, 0.25) is 0 Å². The molecule has 6 nitrogen and oxygen atoms in total. The monoisotopic (exact) mass is 476 g/mol. The lowest BCUT2D eigenvalue weighted by Crippen LogP contribution is -2.39. The van der Waals surface area contributed by atoms with Gasteiger partial charge in [0.05, 0.1) is 21.2 Å². The summed E-state index contributed by atoms with van der Waals surface area (Å²) in [6.07, 6.45) is 2.37. The molecule has 4 rings (SSSR count). The highest BCUT2D eigenvalue weighted by Crippen LogP contribution is 2.36. The minimum absolute atomic E-state index is 0.0502. The van der Waals surface area contributed by atoms with E-state index in [4.69, 9.17) is 4.74 Å². The first-order chi connectivity index (χ1) is 15.1. The van der Waals surface area contributed by atoms with E-state index < -0.39 is 15.7 Å². The van der Waals surface area contributed by atoms with Crippen LogP contribution in [0.25, 0.3) is 20.8 Å². The van der Waals surface area contributed by atoms with Crippen LogP contribution in [0.5, 0.6) is 0 Å². The quantitative estimate of drug-likeness (QED) is 0.515. The first kappa shape index (κ1) is 22.7. The van der Waals surface area contributed by atoms with Crippen molar-refractivity contribution in [3.05, 3.63) is 47.8 Å². The number of likely N-dealkylation sites (tertiary alicyclic amines) is 1. The van der Waals surface area contributed by atoms with Crippen molar-refractivity contribution >= 4 is 37.5 Å². The van der Waals surface area contributed by atoms with Gasteiger partial charge in [-0.25, -0.2) is 22.6 Å². The second-order valence-electron chi connectivity index (χ2n) is 8.35. The van der Waals surface area contributed by atoms with E-state index >= 15 is 0 Å². The molecule has 170 valence electrons. The number of nitrogens with zero attached hydrogens (tertiary/aromatic N) is 2. The average Bonchev–Trinajstić information content (AvgIpc) is 3.15. The highest BCUT2D eigenvalue weighted by Gasteiger charge is 2.25. The molecule has 2 heterocycles. The van der Waals surface area contributed by atoms with Crippen molar-refractivity contribution in [2.75, 3.05) is 19.3 Å². The number of aromatic nitrogens is 1. The van der Waals surface area contributed by atoms with Gasteiger partial charge < -0.3 is 9.64 Å². The number of sulfone groups is 1. The summed E-state index contributed by atoms with van der Waals surface area (Å²) in [6, 6.07) is 9.99. The van der Waals surface area contributed by atoms with E-state index in [1.165, 1.54) is 29.0 Å². The standard InChI is InChI=1S/C23H25FN2O4S2/c1-14(2)30-23(27)26-10-8-15(9-11-26)16-4-7-20-21(12-16)31-22(25-20)18-6-5-17(13-19(18)24)32(3,28)29/h4-7,12-15H,8-11H2,1-3H3. The molecule has 1 saturated heterocycles. The number of carbonyl (C=O) groups excluding carboxylic acids is 1. The minimum Gasteiger partial charge on any atom is -0.447 e. The Balaban J connectivity index is 1.53. The molecule has 2 aromatic carbocycles. The van der Waals surface area contributed by atoms with E-state index in [0.717, 1.165) is 35.4 Å². The Hall–Kier alpha value is -2.52. The maximum absolute atomic E-state index is 14.6. The molecule has 0 saturated carbocycles. The van der Waals surface area contributed by atoms with Gasteiger partial charge in [-0.05, 0) is 68.5 Å². The summed E-state index contributed by atoms with van der Waals surface area (Å²) in [4.78, 5) is 18.3. The molecule has 0 N–H and O–H groups in total. The molecule has 0 unspecified atom stereocenters. The van der Waals surface area contributed by atoms with Gasteiger partial charge in [-0.15, -0.1) is 11.3 Å². The topological polar surface area (TPSA) is 76.6 Å². The zero-order valence-corrected chi connectivity index (χ0v) is 19.8. The zero-order valence-electron chi connectivity index (χ0n) is 18.2. The Morgan fingerprint density at radius 2 is 1.91 bits per heavy atom. The smallest absolute Gasteiger partial charge is 0.410 e. The molecule has 1 aromatic heterocycles. The van der Waals surface area contributed by atoms with Gasteiger partial charge >= 0.3 is 6.09 Å². The fraction of sp³-hybridized carbons (Fsp3) is 0.391. The third kappa shape index (κ3) is 4.78. The number of hydrogen-bond acceptors (Lipinski definition) is 6. The Bertz CT molecular complexity index is 1260. The van der Waals surface area contributed by atoms with Crippen molar-refractivity contribution in [3.63, 3.8) is 0 Å². The van der Waals surface area contributed by atoms with Crippen molar-refractivity contribution in [2.24, 2.45) is 0 Å². The third-order valence-corrected chi connectivity index (χ3v) is 7.73. The van der Waals surface area contributed by atoms with E-state index in [0.29, 0.717) is 24.0 Å². The molecule has 1 aliphatic rings. The Labute approximate surface area is 190 Å². The van der Waals surface area contributed by atoms with Crippen molar-refractivity contribution in [2.45, 2.75) is 43.6 Å². The summed E-state index contributed by atoms with van der Waals surface area (Å²) >= 11 is 1.38. The van der Waals surface area contributed by atoms with E-state index in [-0.39, 0.29) is 22.7 Å². The minimum atomic E-state index is -3.47. The summed E-state index contributed by atoms with van der Waals surface area (Å²) in [6.45, 7) is 4.99. The fourth-order valence-corrected chi connectivity index (χ4v) is 5.56. The number of thiazole rings is 1. The Kier molecular flexibility index (Phi) is 6.22. The van der Waals surface area contributed by atoms with Crippen molar-refractivity contribution < 1.29 is 22.3 Å². The molecule has 3 aromatic rings. The zero-order chi connectivity index (χ0) is 23.0. The second-order valence-corrected chi connectivity index (χ2v) is 11.4. The van der Waals surface area contributed by atoms with Crippen LogP contribution in [0.1, 0.15) is 38.2 Å².